The van der Waals surface area contributed by atoms with Crippen LogP contribution in [0.5, 0.6) is 0 Å². The third-order valence-electron chi connectivity index (χ3n) is 6.26. The van der Waals surface area contributed by atoms with Crippen LogP contribution in [-0.4, -0.2) is 43.0 Å². The Morgan fingerprint density at radius 3 is 2.16 bits per heavy atom. The molecule has 1 amide bonds. The summed E-state index contributed by atoms with van der Waals surface area (Å²) in [7, 11) is 0. The lowest BCUT2D eigenvalue weighted by Gasteiger charge is -2.40. The number of carbonyl (C=O) groups is 2. The second-order valence-electron chi connectivity index (χ2n) is 7.49. The molecule has 134 valence electrons. The number of halogens is 1. The summed E-state index contributed by atoms with van der Waals surface area (Å²) in [4.78, 5) is 28.4. The van der Waals surface area contributed by atoms with Crippen LogP contribution < -0.4 is 10.0 Å². The molecular formula is C19H22FN2O3-. The summed E-state index contributed by atoms with van der Waals surface area (Å²) in [5.74, 6) is -2.03. The van der Waals surface area contributed by atoms with E-state index in [0.717, 1.165) is 24.9 Å². The summed E-state index contributed by atoms with van der Waals surface area (Å²) in [5, 5.41) is 11.5. The first-order chi connectivity index (χ1) is 12.0. The van der Waals surface area contributed by atoms with Crippen LogP contribution in [-0.2, 0) is 9.59 Å². The van der Waals surface area contributed by atoms with Gasteiger partial charge in [-0.3, -0.25) is 4.79 Å². The molecule has 0 radical (unpaired) electrons. The third kappa shape index (κ3) is 2.87. The molecule has 1 heterocycles. The van der Waals surface area contributed by atoms with Crippen LogP contribution in [0, 0.1) is 29.5 Å². The molecule has 0 N–H and O–H groups in total. The summed E-state index contributed by atoms with van der Waals surface area (Å²) < 4.78 is 13.0. The number of carbonyl (C=O) groups excluding carboxylic acids is 2. The maximum atomic E-state index is 13.0. The first-order valence-electron chi connectivity index (χ1n) is 9.05. The molecule has 4 rings (SSSR count). The monoisotopic (exact) mass is 345 g/mol. The molecule has 0 unspecified atom stereocenters. The topological polar surface area (TPSA) is 63.7 Å². The molecule has 3 aliphatic rings. The van der Waals surface area contributed by atoms with Gasteiger partial charge in [0.25, 0.3) is 0 Å². The minimum absolute atomic E-state index is 0.0137. The molecular weight excluding hydrogens is 323 g/mol. The highest BCUT2D eigenvalue weighted by molar-refractivity contribution is 5.86. The molecule has 1 aliphatic heterocycles. The maximum absolute atomic E-state index is 13.0. The van der Waals surface area contributed by atoms with Gasteiger partial charge in [-0.2, -0.15) is 0 Å². The number of carboxylic acids is 1. The van der Waals surface area contributed by atoms with E-state index in [9.17, 15) is 19.1 Å². The van der Waals surface area contributed by atoms with Crippen molar-refractivity contribution in [2.75, 3.05) is 31.1 Å². The summed E-state index contributed by atoms with van der Waals surface area (Å²) in [6.07, 6.45) is 2.72. The Morgan fingerprint density at radius 2 is 1.56 bits per heavy atom. The van der Waals surface area contributed by atoms with E-state index in [1.165, 1.54) is 12.1 Å². The Labute approximate surface area is 146 Å². The molecule has 5 nitrogen and oxygen atoms in total. The van der Waals surface area contributed by atoms with E-state index in [0.29, 0.717) is 26.2 Å². The lowest BCUT2D eigenvalue weighted by atomic mass is 9.78. The summed E-state index contributed by atoms with van der Waals surface area (Å²) in [6, 6.07) is 6.36. The van der Waals surface area contributed by atoms with Crippen LogP contribution in [0.25, 0.3) is 0 Å². The van der Waals surface area contributed by atoms with Gasteiger partial charge in [0.15, 0.2) is 0 Å². The average Bonchev–Trinajstić information content (AvgIpc) is 3.23. The fraction of sp³-hybridized carbons (Fsp3) is 0.579. The number of hydrogen-bond donors (Lipinski definition) is 0. The third-order valence-corrected chi connectivity index (χ3v) is 6.26. The van der Waals surface area contributed by atoms with Crippen LogP contribution >= 0.6 is 0 Å². The van der Waals surface area contributed by atoms with Gasteiger partial charge in [-0.1, -0.05) is 0 Å². The zero-order chi connectivity index (χ0) is 17.6. The Hall–Kier alpha value is -2.11. The highest BCUT2D eigenvalue weighted by atomic mass is 19.1. The van der Waals surface area contributed by atoms with Crippen molar-refractivity contribution in [3.05, 3.63) is 30.1 Å². The Morgan fingerprint density at radius 1 is 0.960 bits per heavy atom. The molecule has 2 aliphatic carbocycles. The van der Waals surface area contributed by atoms with Gasteiger partial charge < -0.3 is 19.7 Å². The number of anilines is 1. The molecule has 25 heavy (non-hydrogen) atoms. The number of rotatable bonds is 3. The molecule has 6 heteroatoms. The largest absolute Gasteiger partial charge is 0.550 e. The lowest BCUT2D eigenvalue weighted by molar-refractivity contribution is -0.314. The second-order valence-corrected chi connectivity index (χ2v) is 7.49. The van der Waals surface area contributed by atoms with Crippen molar-refractivity contribution in [3.8, 4) is 0 Å². The molecule has 4 atom stereocenters. The fourth-order valence-corrected chi connectivity index (χ4v) is 5.03. The van der Waals surface area contributed by atoms with Gasteiger partial charge in [-0.25, -0.2) is 4.39 Å². The van der Waals surface area contributed by atoms with E-state index in [2.05, 4.69) is 4.90 Å². The van der Waals surface area contributed by atoms with Crippen molar-refractivity contribution in [2.24, 2.45) is 23.7 Å². The molecule has 2 bridgehead atoms. The van der Waals surface area contributed by atoms with Crippen LogP contribution in [0.1, 0.15) is 19.3 Å². The van der Waals surface area contributed by atoms with Crippen LogP contribution in [0.2, 0.25) is 0 Å². The van der Waals surface area contributed by atoms with E-state index in [1.54, 1.807) is 17.0 Å². The normalized spacial score (nSPS) is 31.4. The minimum atomic E-state index is -1.06. The molecule has 3 fully saturated rings. The zero-order valence-electron chi connectivity index (χ0n) is 14.1. The predicted molar refractivity (Wildman–Crippen MR) is 88.0 cm³/mol. The number of hydrogen-bond acceptors (Lipinski definition) is 4. The van der Waals surface area contributed by atoms with Gasteiger partial charge >= 0.3 is 0 Å². The quantitative estimate of drug-likeness (QED) is 0.816. The molecule has 1 saturated heterocycles. The number of fused-ring (bicyclic) bond motifs is 2. The number of benzene rings is 1. The van der Waals surface area contributed by atoms with Crippen LogP contribution in [0.15, 0.2) is 24.3 Å². The molecule has 0 aromatic heterocycles. The molecule has 1 aromatic carbocycles. The first-order valence-corrected chi connectivity index (χ1v) is 9.05. The van der Waals surface area contributed by atoms with E-state index >= 15 is 0 Å². The number of amides is 1. The van der Waals surface area contributed by atoms with Crippen molar-refractivity contribution < 1.29 is 19.1 Å². The SMILES string of the molecule is O=C([O-])[C@H]1[C@@H]2CC[C@H](C2)[C@H]1C(=O)N1CCN(c2ccc(F)cc2)CC1. The van der Waals surface area contributed by atoms with Crippen LogP contribution in [0.3, 0.4) is 0 Å². The van der Waals surface area contributed by atoms with E-state index in [1.807, 2.05) is 0 Å². The highest BCUT2D eigenvalue weighted by Crippen LogP contribution is 2.52. The fourth-order valence-electron chi connectivity index (χ4n) is 5.03. The van der Waals surface area contributed by atoms with E-state index in [-0.39, 0.29) is 23.6 Å². The van der Waals surface area contributed by atoms with Crippen molar-refractivity contribution in [1.29, 1.82) is 0 Å². The Bertz CT molecular complexity index is 670. The number of carboxylic acid groups (broad SMARTS) is 1. The second kappa shape index (κ2) is 6.32. The lowest BCUT2D eigenvalue weighted by Crippen LogP contribution is -2.53. The van der Waals surface area contributed by atoms with Crippen LogP contribution in [0.4, 0.5) is 10.1 Å². The van der Waals surface area contributed by atoms with E-state index < -0.39 is 17.8 Å². The minimum Gasteiger partial charge on any atom is -0.550 e. The molecule has 1 aromatic rings. The van der Waals surface area contributed by atoms with Gasteiger partial charge in [-0.15, -0.1) is 0 Å². The van der Waals surface area contributed by atoms with Gasteiger partial charge in [0.05, 0.1) is 0 Å². The number of nitrogens with zero attached hydrogens (tertiary/aromatic N) is 2. The standard InChI is InChI=1S/C19H23FN2O3/c20-14-3-5-15(6-4-14)21-7-9-22(10-8-21)18(23)16-12-1-2-13(11-12)17(16)19(24)25/h3-6,12-13,16-17H,1-2,7-11H2,(H,24,25)/p-1/t12-,13-,16-,17+/m1/s1. The van der Waals surface area contributed by atoms with Crippen molar-refractivity contribution in [2.45, 2.75) is 19.3 Å². The Kier molecular flexibility index (Phi) is 4.13. The smallest absolute Gasteiger partial charge is 0.226 e. The maximum Gasteiger partial charge on any atom is 0.226 e. The summed E-state index contributed by atoms with van der Waals surface area (Å²) in [5.41, 5.74) is 0.945. The predicted octanol–water partition coefficient (Wildman–Crippen LogP) is 0.886. The highest BCUT2D eigenvalue weighted by Gasteiger charge is 2.52. The number of aliphatic carboxylic acids is 1. The zero-order valence-corrected chi connectivity index (χ0v) is 14.1. The van der Waals surface area contributed by atoms with Gasteiger partial charge in [-0.05, 0) is 55.4 Å². The summed E-state index contributed by atoms with van der Waals surface area (Å²) in [6.45, 7) is 2.50. The number of piperazine rings is 1. The van der Waals surface area contributed by atoms with Gasteiger partial charge in [0.2, 0.25) is 5.91 Å². The molecule has 2 saturated carbocycles. The van der Waals surface area contributed by atoms with Crippen molar-refractivity contribution in [1.82, 2.24) is 4.90 Å². The van der Waals surface area contributed by atoms with Crippen molar-refractivity contribution in [3.63, 3.8) is 0 Å². The summed E-state index contributed by atoms with van der Waals surface area (Å²) >= 11 is 0. The van der Waals surface area contributed by atoms with Crippen molar-refractivity contribution >= 4 is 17.6 Å². The molecule has 0 spiro atoms. The van der Waals surface area contributed by atoms with Gasteiger partial charge in [0.1, 0.15) is 5.82 Å². The van der Waals surface area contributed by atoms with Gasteiger partial charge in [0, 0.05) is 49.7 Å². The van der Waals surface area contributed by atoms with E-state index in [4.69, 9.17) is 0 Å². The Balaban J connectivity index is 1.41. The first kappa shape index (κ1) is 16.4. The average molecular weight is 345 g/mol.